The monoisotopic (exact) mass is 248 g/mol. The lowest BCUT2D eigenvalue weighted by molar-refractivity contribution is -0.128. The van der Waals surface area contributed by atoms with Crippen LogP contribution < -0.4 is 0 Å². The summed E-state index contributed by atoms with van der Waals surface area (Å²) >= 11 is 6.84. The number of carbonyl (C=O) groups excluding carboxylic acids is 1. The Kier molecular flexibility index (Phi) is 7.78. The van der Waals surface area contributed by atoms with Crippen molar-refractivity contribution < 1.29 is 4.79 Å². The van der Waals surface area contributed by atoms with E-state index in [9.17, 15) is 4.79 Å². The first-order valence-electron chi connectivity index (χ1n) is 5.14. The van der Waals surface area contributed by atoms with Crippen LogP contribution in [0.15, 0.2) is 0 Å². The minimum atomic E-state index is 0.157. The van der Waals surface area contributed by atoms with E-state index < -0.39 is 0 Å². The van der Waals surface area contributed by atoms with Gasteiger partial charge in [0.25, 0.3) is 0 Å². The van der Waals surface area contributed by atoms with Crippen molar-refractivity contribution in [3.63, 3.8) is 0 Å². The molecule has 1 amide bonds. The Morgan fingerprint density at radius 2 is 1.80 bits per heavy atom. The van der Waals surface area contributed by atoms with Crippen molar-refractivity contribution in [2.75, 3.05) is 32.9 Å². The summed E-state index contributed by atoms with van der Waals surface area (Å²) < 4.78 is 0.895. The highest BCUT2D eigenvalue weighted by Gasteiger charge is 2.08. The van der Waals surface area contributed by atoms with Gasteiger partial charge in [0.05, 0.1) is 0 Å². The van der Waals surface area contributed by atoms with Crippen molar-refractivity contribution in [1.29, 1.82) is 0 Å². The first-order chi connectivity index (χ1) is 7.02. The third-order valence-corrected chi connectivity index (χ3v) is 3.59. The van der Waals surface area contributed by atoms with Crippen LogP contribution in [0, 0.1) is 0 Å². The van der Waals surface area contributed by atoms with Crippen molar-refractivity contribution in [2.24, 2.45) is 0 Å². The molecule has 0 aromatic heterocycles. The van der Waals surface area contributed by atoms with Gasteiger partial charge in [0.2, 0.25) is 5.91 Å². The van der Waals surface area contributed by atoms with Crippen molar-refractivity contribution >= 4 is 34.2 Å². The molecular weight excluding hydrogens is 228 g/mol. The van der Waals surface area contributed by atoms with E-state index in [1.165, 1.54) is 0 Å². The predicted molar refractivity (Wildman–Crippen MR) is 71.3 cm³/mol. The second kappa shape index (κ2) is 7.93. The molecule has 3 nitrogen and oxygen atoms in total. The molecule has 0 aliphatic heterocycles. The van der Waals surface area contributed by atoms with Gasteiger partial charge in [-0.3, -0.25) is 4.79 Å². The largest absolute Gasteiger partial charge is 0.358 e. The van der Waals surface area contributed by atoms with E-state index in [2.05, 4.69) is 18.7 Å². The summed E-state index contributed by atoms with van der Waals surface area (Å²) in [4.78, 5) is 15.0. The Hall–Kier alpha value is -0.290. The maximum absolute atomic E-state index is 11.3. The van der Waals surface area contributed by atoms with Gasteiger partial charge < -0.3 is 9.80 Å². The maximum Gasteiger partial charge on any atom is 0.222 e. The second-order valence-corrected chi connectivity index (χ2v) is 5.05. The van der Waals surface area contributed by atoms with Gasteiger partial charge >= 0.3 is 0 Å². The van der Waals surface area contributed by atoms with Gasteiger partial charge in [-0.1, -0.05) is 24.0 Å². The topological polar surface area (TPSA) is 23.6 Å². The van der Waals surface area contributed by atoms with Crippen molar-refractivity contribution in [1.82, 2.24) is 9.80 Å². The minimum Gasteiger partial charge on any atom is -0.358 e. The van der Waals surface area contributed by atoms with Gasteiger partial charge in [-0.2, -0.15) is 0 Å². The van der Waals surface area contributed by atoms with Crippen LogP contribution in [0.25, 0.3) is 0 Å². The first kappa shape index (κ1) is 14.7. The van der Waals surface area contributed by atoms with E-state index in [1.54, 1.807) is 30.8 Å². The maximum atomic E-state index is 11.3. The standard InChI is InChI=1S/C10H20N2OS2/c1-5-12(6-2)10(14)15-8-7-9(13)11(3)4/h5-8H2,1-4H3. The Morgan fingerprint density at radius 1 is 1.27 bits per heavy atom. The van der Waals surface area contributed by atoms with Gasteiger partial charge in [-0.05, 0) is 13.8 Å². The van der Waals surface area contributed by atoms with Crippen LogP contribution in [-0.4, -0.2) is 53.0 Å². The number of hydrogen-bond acceptors (Lipinski definition) is 3. The summed E-state index contributed by atoms with van der Waals surface area (Å²) in [6.45, 7) is 6.04. The molecule has 0 radical (unpaired) electrons. The smallest absolute Gasteiger partial charge is 0.222 e. The van der Waals surface area contributed by atoms with Gasteiger partial charge in [0.15, 0.2) is 0 Å². The average Bonchev–Trinajstić information content (AvgIpc) is 2.19. The Balaban J connectivity index is 3.76. The first-order valence-corrected chi connectivity index (χ1v) is 6.54. The lowest BCUT2D eigenvalue weighted by Gasteiger charge is -2.20. The molecule has 0 atom stereocenters. The quantitative estimate of drug-likeness (QED) is 0.693. The van der Waals surface area contributed by atoms with Crippen LogP contribution in [0.1, 0.15) is 20.3 Å². The zero-order valence-electron chi connectivity index (χ0n) is 9.95. The molecule has 15 heavy (non-hydrogen) atoms. The minimum absolute atomic E-state index is 0.157. The van der Waals surface area contributed by atoms with Crippen LogP contribution in [0.2, 0.25) is 0 Å². The van der Waals surface area contributed by atoms with Crippen LogP contribution >= 0.6 is 24.0 Å². The fourth-order valence-electron chi connectivity index (χ4n) is 1.02. The molecule has 0 rings (SSSR count). The van der Waals surface area contributed by atoms with Crippen LogP contribution in [0.5, 0.6) is 0 Å². The van der Waals surface area contributed by atoms with Crippen molar-refractivity contribution in [3.05, 3.63) is 0 Å². The highest BCUT2D eigenvalue weighted by molar-refractivity contribution is 8.22. The summed E-state index contributed by atoms with van der Waals surface area (Å²) in [6, 6.07) is 0. The molecule has 0 aliphatic carbocycles. The molecule has 88 valence electrons. The SMILES string of the molecule is CCN(CC)C(=S)SCCC(=O)N(C)C. The molecular formula is C10H20N2OS2. The average molecular weight is 248 g/mol. The lowest BCUT2D eigenvalue weighted by Crippen LogP contribution is -2.27. The van der Waals surface area contributed by atoms with Gasteiger partial charge in [0, 0.05) is 39.4 Å². The van der Waals surface area contributed by atoms with E-state index in [0.717, 1.165) is 23.2 Å². The third-order valence-electron chi connectivity index (χ3n) is 2.06. The van der Waals surface area contributed by atoms with E-state index in [1.807, 2.05) is 0 Å². The van der Waals surface area contributed by atoms with Crippen LogP contribution in [0.4, 0.5) is 0 Å². The Bertz CT molecular complexity index is 215. The normalized spacial score (nSPS) is 9.87. The molecule has 0 N–H and O–H groups in total. The highest BCUT2D eigenvalue weighted by Crippen LogP contribution is 2.10. The summed E-state index contributed by atoms with van der Waals surface area (Å²) in [5, 5.41) is 0. The fourth-order valence-corrected chi connectivity index (χ4v) is 2.42. The molecule has 0 unspecified atom stereocenters. The predicted octanol–water partition coefficient (Wildman–Crippen LogP) is 1.82. The number of amides is 1. The Morgan fingerprint density at radius 3 is 2.20 bits per heavy atom. The molecule has 0 bridgehead atoms. The molecule has 5 heteroatoms. The molecule has 0 fully saturated rings. The molecule has 0 spiro atoms. The summed E-state index contributed by atoms with van der Waals surface area (Å²) in [5.41, 5.74) is 0. The number of thiocarbonyl (C=S) groups is 1. The van der Waals surface area contributed by atoms with E-state index in [0.29, 0.717) is 6.42 Å². The summed E-state index contributed by atoms with van der Waals surface area (Å²) in [7, 11) is 3.55. The van der Waals surface area contributed by atoms with Crippen LogP contribution in [-0.2, 0) is 4.79 Å². The van der Waals surface area contributed by atoms with Crippen LogP contribution in [0.3, 0.4) is 0 Å². The highest BCUT2D eigenvalue weighted by atomic mass is 32.2. The molecule has 0 saturated heterocycles. The Labute approximate surface area is 102 Å². The van der Waals surface area contributed by atoms with Crippen molar-refractivity contribution in [3.8, 4) is 0 Å². The number of thioether (sulfide) groups is 1. The van der Waals surface area contributed by atoms with Gasteiger partial charge in [-0.15, -0.1) is 0 Å². The molecule has 0 aromatic carbocycles. The molecule has 0 aliphatic rings. The van der Waals surface area contributed by atoms with E-state index in [4.69, 9.17) is 12.2 Å². The third kappa shape index (κ3) is 5.99. The lowest BCUT2D eigenvalue weighted by atomic mass is 10.4. The second-order valence-electron chi connectivity index (χ2n) is 3.32. The summed E-state index contributed by atoms with van der Waals surface area (Å²) in [6.07, 6.45) is 0.555. The van der Waals surface area contributed by atoms with Gasteiger partial charge in [0.1, 0.15) is 4.32 Å². The number of hydrogen-bond donors (Lipinski definition) is 0. The zero-order valence-corrected chi connectivity index (χ0v) is 11.6. The number of nitrogens with zero attached hydrogens (tertiary/aromatic N) is 2. The summed E-state index contributed by atoms with van der Waals surface area (Å²) in [5.74, 6) is 0.927. The zero-order chi connectivity index (χ0) is 11.8. The molecule has 0 saturated carbocycles. The van der Waals surface area contributed by atoms with E-state index >= 15 is 0 Å². The molecule has 0 heterocycles. The van der Waals surface area contributed by atoms with Gasteiger partial charge in [-0.25, -0.2) is 0 Å². The molecule has 0 aromatic rings. The number of rotatable bonds is 5. The number of carbonyl (C=O) groups is 1. The van der Waals surface area contributed by atoms with E-state index in [-0.39, 0.29) is 5.91 Å². The fraction of sp³-hybridized carbons (Fsp3) is 0.800. The van der Waals surface area contributed by atoms with Crippen molar-refractivity contribution in [2.45, 2.75) is 20.3 Å².